The first-order valence-electron chi connectivity index (χ1n) is 5.57. The van der Waals surface area contributed by atoms with Crippen molar-refractivity contribution in [1.82, 2.24) is 0 Å². The average Bonchev–Trinajstić information content (AvgIpc) is 2.37. The number of benzene rings is 1. The van der Waals surface area contributed by atoms with Crippen LogP contribution in [0.3, 0.4) is 0 Å². The van der Waals surface area contributed by atoms with Gasteiger partial charge in [-0.15, -0.1) is 0 Å². The molecule has 0 bridgehead atoms. The third-order valence-electron chi connectivity index (χ3n) is 3.03. The van der Waals surface area contributed by atoms with Crippen LogP contribution in [0.2, 0.25) is 0 Å². The molecule has 1 heterocycles. The van der Waals surface area contributed by atoms with Gasteiger partial charge in [0.15, 0.2) is 11.5 Å². The Morgan fingerprint density at radius 1 is 1.22 bits per heavy atom. The molecule has 18 heavy (non-hydrogen) atoms. The second-order valence-corrected chi connectivity index (χ2v) is 4.23. The monoisotopic (exact) mass is 256 g/mol. The maximum absolute atomic E-state index is 9.86. The van der Waals surface area contributed by atoms with Crippen molar-refractivity contribution < 1.29 is 29.9 Å². The van der Waals surface area contributed by atoms with Crippen LogP contribution in [-0.4, -0.2) is 52.5 Å². The van der Waals surface area contributed by atoms with E-state index < -0.39 is 24.4 Å². The molecule has 0 radical (unpaired) electrons. The molecule has 0 unspecified atom stereocenters. The van der Waals surface area contributed by atoms with Gasteiger partial charge in [0, 0.05) is 0 Å². The van der Waals surface area contributed by atoms with Crippen molar-refractivity contribution in [1.29, 1.82) is 0 Å². The van der Waals surface area contributed by atoms with E-state index in [9.17, 15) is 20.4 Å². The number of rotatable bonds is 2. The largest absolute Gasteiger partial charge is 0.504 e. The minimum Gasteiger partial charge on any atom is -0.504 e. The van der Waals surface area contributed by atoms with Crippen LogP contribution >= 0.6 is 0 Å². The van der Waals surface area contributed by atoms with Crippen LogP contribution < -0.4 is 4.74 Å². The van der Waals surface area contributed by atoms with E-state index in [1.54, 1.807) is 6.07 Å². The molecule has 6 nitrogen and oxygen atoms in total. The molecule has 1 aliphatic rings. The van der Waals surface area contributed by atoms with Crippen LogP contribution in [0.5, 0.6) is 11.5 Å². The van der Waals surface area contributed by atoms with Crippen LogP contribution in [0.4, 0.5) is 0 Å². The molecular formula is C12H16O6. The number of phenols is 1. The van der Waals surface area contributed by atoms with E-state index in [1.807, 2.05) is 0 Å². The Morgan fingerprint density at radius 2 is 1.94 bits per heavy atom. The lowest BCUT2D eigenvalue weighted by atomic mass is 9.94. The number of methoxy groups -OCH3 is 1. The lowest BCUT2D eigenvalue weighted by Gasteiger charge is -2.35. The smallest absolute Gasteiger partial charge is 0.160 e. The second kappa shape index (κ2) is 5.11. The van der Waals surface area contributed by atoms with E-state index in [0.717, 1.165) is 0 Å². The van der Waals surface area contributed by atoms with Crippen LogP contribution in [0.15, 0.2) is 18.2 Å². The number of aliphatic hydroxyl groups is 3. The van der Waals surface area contributed by atoms with E-state index in [-0.39, 0.29) is 18.1 Å². The highest BCUT2D eigenvalue weighted by Crippen LogP contribution is 2.34. The number of aromatic hydroxyl groups is 1. The predicted molar refractivity (Wildman–Crippen MR) is 61.4 cm³/mol. The maximum atomic E-state index is 9.86. The molecule has 2 rings (SSSR count). The minimum absolute atomic E-state index is 0.0212. The van der Waals surface area contributed by atoms with Gasteiger partial charge in [-0.3, -0.25) is 0 Å². The second-order valence-electron chi connectivity index (χ2n) is 4.23. The SMILES string of the molecule is COc1cc([C@H]2OC[C@@H](O)[C@H](O)[C@H]2O)ccc1O. The van der Waals surface area contributed by atoms with Gasteiger partial charge in [0.2, 0.25) is 0 Å². The first kappa shape index (κ1) is 13.1. The summed E-state index contributed by atoms with van der Waals surface area (Å²) in [5.41, 5.74) is 0.558. The zero-order chi connectivity index (χ0) is 13.3. The van der Waals surface area contributed by atoms with Crippen molar-refractivity contribution in [3.05, 3.63) is 23.8 Å². The number of hydrogen-bond acceptors (Lipinski definition) is 6. The molecule has 6 heteroatoms. The summed E-state index contributed by atoms with van der Waals surface area (Å²) in [5.74, 6) is 0.232. The summed E-state index contributed by atoms with van der Waals surface area (Å²) in [6, 6.07) is 4.51. The fraction of sp³-hybridized carbons (Fsp3) is 0.500. The van der Waals surface area contributed by atoms with Crippen molar-refractivity contribution in [3.63, 3.8) is 0 Å². The first-order valence-corrected chi connectivity index (χ1v) is 5.57. The Kier molecular flexibility index (Phi) is 3.72. The molecule has 0 aliphatic carbocycles. The molecule has 0 saturated carbocycles. The van der Waals surface area contributed by atoms with Gasteiger partial charge in [-0.1, -0.05) is 6.07 Å². The van der Waals surface area contributed by atoms with Crippen molar-refractivity contribution >= 4 is 0 Å². The van der Waals surface area contributed by atoms with E-state index in [4.69, 9.17) is 9.47 Å². The van der Waals surface area contributed by atoms with Gasteiger partial charge in [0.25, 0.3) is 0 Å². The molecule has 0 spiro atoms. The number of aliphatic hydroxyl groups excluding tert-OH is 3. The van der Waals surface area contributed by atoms with Gasteiger partial charge >= 0.3 is 0 Å². The van der Waals surface area contributed by atoms with Gasteiger partial charge in [-0.05, 0) is 17.7 Å². The summed E-state index contributed by atoms with van der Waals surface area (Å²) >= 11 is 0. The summed E-state index contributed by atoms with van der Waals surface area (Å²) in [5, 5.41) is 38.3. The molecule has 1 aromatic carbocycles. The molecule has 0 amide bonds. The highest BCUT2D eigenvalue weighted by Gasteiger charge is 2.38. The van der Waals surface area contributed by atoms with Crippen molar-refractivity contribution in [3.8, 4) is 11.5 Å². The topological polar surface area (TPSA) is 99.4 Å². The van der Waals surface area contributed by atoms with Crippen LogP contribution in [0.25, 0.3) is 0 Å². The third-order valence-corrected chi connectivity index (χ3v) is 3.03. The highest BCUT2D eigenvalue weighted by molar-refractivity contribution is 5.42. The third kappa shape index (κ3) is 2.28. The Labute approximate surface area is 104 Å². The van der Waals surface area contributed by atoms with Crippen molar-refractivity contribution in [2.24, 2.45) is 0 Å². The Morgan fingerprint density at radius 3 is 2.61 bits per heavy atom. The fourth-order valence-corrected chi connectivity index (χ4v) is 1.97. The van der Waals surface area contributed by atoms with Gasteiger partial charge in [-0.2, -0.15) is 0 Å². The van der Waals surface area contributed by atoms with E-state index >= 15 is 0 Å². The molecule has 4 N–H and O–H groups in total. The zero-order valence-corrected chi connectivity index (χ0v) is 9.85. The minimum atomic E-state index is -1.26. The molecule has 4 atom stereocenters. The summed E-state index contributed by atoms with van der Waals surface area (Å²) < 4.78 is 10.3. The fourth-order valence-electron chi connectivity index (χ4n) is 1.97. The lowest BCUT2D eigenvalue weighted by Crippen LogP contribution is -2.48. The highest BCUT2D eigenvalue weighted by atomic mass is 16.5. The number of hydrogen-bond donors (Lipinski definition) is 4. The van der Waals surface area contributed by atoms with Gasteiger partial charge in [-0.25, -0.2) is 0 Å². The quantitative estimate of drug-likeness (QED) is 0.572. The zero-order valence-electron chi connectivity index (χ0n) is 9.85. The molecule has 1 saturated heterocycles. The maximum Gasteiger partial charge on any atom is 0.160 e. The lowest BCUT2D eigenvalue weighted by molar-refractivity contribution is -0.189. The Hall–Kier alpha value is -1.34. The van der Waals surface area contributed by atoms with E-state index in [2.05, 4.69) is 0 Å². The number of ether oxygens (including phenoxy) is 2. The average molecular weight is 256 g/mol. The normalized spacial score (nSPS) is 32.2. The van der Waals surface area contributed by atoms with E-state index in [0.29, 0.717) is 5.56 Å². The summed E-state index contributed by atoms with van der Waals surface area (Å²) in [4.78, 5) is 0. The van der Waals surface area contributed by atoms with Gasteiger partial charge in [0.1, 0.15) is 24.4 Å². The van der Waals surface area contributed by atoms with Gasteiger partial charge < -0.3 is 29.9 Å². The van der Waals surface area contributed by atoms with Gasteiger partial charge in [0.05, 0.1) is 13.7 Å². The summed E-state index contributed by atoms with van der Waals surface area (Å²) in [6.45, 7) is -0.0634. The molecule has 0 aromatic heterocycles. The van der Waals surface area contributed by atoms with Crippen LogP contribution in [0, 0.1) is 0 Å². The number of phenolic OH excluding ortho intramolecular Hbond substituents is 1. The van der Waals surface area contributed by atoms with Crippen LogP contribution in [0.1, 0.15) is 11.7 Å². The Balaban J connectivity index is 2.26. The molecular weight excluding hydrogens is 240 g/mol. The van der Waals surface area contributed by atoms with Crippen LogP contribution in [-0.2, 0) is 4.74 Å². The van der Waals surface area contributed by atoms with E-state index in [1.165, 1.54) is 19.2 Å². The Bertz CT molecular complexity index is 421. The molecule has 1 aliphatic heterocycles. The standard InChI is InChI=1S/C12H16O6/c1-17-9-4-6(2-3-7(9)13)12-11(16)10(15)8(14)5-18-12/h2-4,8,10-16H,5H2,1H3/t8-,10+,11-,12-/m1/s1. The van der Waals surface area contributed by atoms with Crippen molar-refractivity contribution in [2.45, 2.75) is 24.4 Å². The first-order chi connectivity index (χ1) is 8.54. The summed E-state index contributed by atoms with van der Waals surface area (Å²) in [7, 11) is 1.41. The molecule has 1 fully saturated rings. The summed E-state index contributed by atoms with van der Waals surface area (Å²) in [6.07, 6.45) is -4.36. The molecule has 1 aromatic rings. The van der Waals surface area contributed by atoms with Crippen molar-refractivity contribution in [2.75, 3.05) is 13.7 Å². The molecule has 100 valence electrons. The predicted octanol–water partition coefficient (Wildman–Crippen LogP) is -0.445.